The van der Waals surface area contributed by atoms with Crippen LogP contribution in [0.4, 0.5) is 0 Å². The zero-order chi connectivity index (χ0) is 27.0. The second-order valence-electron chi connectivity index (χ2n) is 11.1. The van der Waals surface area contributed by atoms with Gasteiger partial charge in [-0.15, -0.1) is 0 Å². The Labute approximate surface area is 214 Å². The summed E-state index contributed by atoms with van der Waals surface area (Å²) < 4.78 is 6.79. The van der Waals surface area contributed by atoms with Crippen molar-refractivity contribution in [2.75, 3.05) is 13.7 Å². The highest BCUT2D eigenvalue weighted by atomic mass is 16.5. The fraction of sp³-hybridized carbons (Fsp3) is 0.519. The molecule has 37 heavy (non-hydrogen) atoms. The number of methoxy groups -OCH3 is 1. The Hall–Kier alpha value is -3.21. The van der Waals surface area contributed by atoms with Crippen LogP contribution < -0.4 is 4.74 Å². The molecule has 0 bridgehead atoms. The highest BCUT2D eigenvalue weighted by Crippen LogP contribution is 2.53. The number of aliphatic hydroxyl groups excluding tert-OH is 1. The Morgan fingerprint density at radius 3 is 2.59 bits per heavy atom. The van der Waals surface area contributed by atoms with Crippen LogP contribution in [0.15, 0.2) is 29.8 Å². The van der Waals surface area contributed by atoms with Crippen LogP contribution in [0, 0.1) is 0 Å². The van der Waals surface area contributed by atoms with Crippen molar-refractivity contribution in [3.63, 3.8) is 0 Å². The summed E-state index contributed by atoms with van der Waals surface area (Å²) in [4.78, 5) is 43.6. The van der Waals surface area contributed by atoms with Gasteiger partial charge >= 0.3 is 0 Å². The third-order valence-corrected chi connectivity index (χ3v) is 7.58. The molecule has 0 saturated carbocycles. The van der Waals surface area contributed by atoms with E-state index in [2.05, 4.69) is 0 Å². The predicted molar refractivity (Wildman–Crippen MR) is 134 cm³/mol. The summed E-state index contributed by atoms with van der Waals surface area (Å²) in [5.74, 6) is -1.22. The molecule has 2 saturated heterocycles. The highest BCUT2D eigenvalue weighted by molar-refractivity contribution is 6.05. The molecule has 0 aliphatic carbocycles. The van der Waals surface area contributed by atoms with Crippen LogP contribution in [0.5, 0.6) is 5.75 Å². The fourth-order valence-electron chi connectivity index (χ4n) is 6.14. The molecule has 4 heterocycles. The van der Waals surface area contributed by atoms with E-state index < -0.39 is 47.2 Å². The lowest BCUT2D eigenvalue weighted by Crippen LogP contribution is -2.74. The van der Waals surface area contributed by atoms with Crippen molar-refractivity contribution in [2.45, 2.75) is 76.5 Å². The van der Waals surface area contributed by atoms with Gasteiger partial charge in [0.1, 0.15) is 17.9 Å². The normalized spacial score (nSPS) is 27.2. The molecule has 10 nitrogen and oxygen atoms in total. The molecule has 4 atom stereocenters. The zero-order valence-corrected chi connectivity index (χ0v) is 21.7. The van der Waals surface area contributed by atoms with Gasteiger partial charge in [-0.3, -0.25) is 23.9 Å². The van der Waals surface area contributed by atoms with Gasteiger partial charge in [-0.25, -0.2) is 0 Å². The lowest BCUT2D eigenvalue weighted by Gasteiger charge is -2.55. The standard InChI is InChI=1S/C27H33N3O7/c1-14(2)11-20(31)29-18-12-15(37-5)8-9-16(18)21-22(29)19(13-26(3,4)35)30-24(33)17-7-6-10-28(17)25(34)27(30,36)23(21)32/h8-9,11-12,17,19,23,32,35-36H,6-7,10,13H2,1-5H3/t17-,19-,23+,27-/m0/s1. The number of hydrogen-bond acceptors (Lipinski definition) is 7. The number of nitrogens with zero attached hydrogens (tertiary/aromatic N) is 3. The summed E-state index contributed by atoms with van der Waals surface area (Å²) in [5.41, 5.74) is -2.35. The van der Waals surface area contributed by atoms with E-state index in [0.29, 0.717) is 36.0 Å². The minimum atomic E-state index is -2.58. The molecule has 1 aromatic heterocycles. The van der Waals surface area contributed by atoms with Gasteiger partial charge in [0.15, 0.2) is 0 Å². The molecular weight excluding hydrogens is 478 g/mol. The Morgan fingerprint density at radius 1 is 1.27 bits per heavy atom. The molecule has 0 unspecified atom stereocenters. The predicted octanol–water partition coefficient (Wildman–Crippen LogP) is 2.03. The van der Waals surface area contributed by atoms with Crippen LogP contribution in [0.25, 0.3) is 10.9 Å². The van der Waals surface area contributed by atoms with Crippen molar-refractivity contribution in [3.8, 4) is 5.75 Å². The second kappa shape index (κ2) is 8.41. The third-order valence-electron chi connectivity index (χ3n) is 7.58. The van der Waals surface area contributed by atoms with E-state index in [4.69, 9.17) is 4.74 Å². The number of amides is 2. The quantitative estimate of drug-likeness (QED) is 0.535. The summed E-state index contributed by atoms with van der Waals surface area (Å²) in [6, 6.07) is 3.13. The zero-order valence-electron chi connectivity index (χ0n) is 21.7. The van der Waals surface area contributed by atoms with Crippen molar-refractivity contribution >= 4 is 28.6 Å². The van der Waals surface area contributed by atoms with Crippen LogP contribution in [-0.4, -0.2) is 78.4 Å². The number of benzene rings is 1. The van der Waals surface area contributed by atoms with Crippen LogP contribution in [0.3, 0.4) is 0 Å². The van der Waals surface area contributed by atoms with Gasteiger partial charge in [-0.2, -0.15) is 0 Å². The molecule has 2 fully saturated rings. The van der Waals surface area contributed by atoms with Crippen LogP contribution in [0.2, 0.25) is 0 Å². The largest absolute Gasteiger partial charge is 0.497 e. The number of aliphatic hydroxyl groups is 3. The molecule has 10 heteroatoms. The summed E-state index contributed by atoms with van der Waals surface area (Å²) in [6.45, 7) is 6.98. The van der Waals surface area contributed by atoms with Gasteiger partial charge in [-0.1, -0.05) is 5.57 Å². The third kappa shape index (κ3) is 3.61. The highest BCUT2D eigenvalue weighted by Gasteiger charge is 2.66. The Bertz CT molecular complexity index is 1350. The number of ether oxygens (including phenoxy) is 1. The molecule has 2 amide bonds. The van der Waals surface area contributed by atoms with Gasteiger partial charge in [0, 0.05) is 36.1 Å². The maximum absolute atomic E-state index is 13.9. The van der Waals surface area contributed by atoms with E-state index in [0.717, 1.165) is 10.5 Å². The monoisotopic (exact) mass is 511 g/mol. The number of rotatable bonds is 4. The van der Waals surface area contributed by atoms with E-state index in [1.165, 1.54) is 22.7 Å². The van der Waals surface area contributed by atoms with Crippen molar-refractivity contribution in [1.29, 1.82) is 0 Å². The number of carbonyl (C=O) groups excluding carboxylic acids is 3. The van der Waals surface area contributed by atoms with Crippen molar-refractivity contribution in [2.24, 2.45) is 0 Å². The topological polar surface area (TPSA) is 133 Å². The van der Waals surface area contributed by atoms with Gasteiger partial charge in [-0.05, 0) is 52.7 Å². The van der Waals surface area contributed by atoms with E-state index in [1.54, 1.807) is 45.9 Å². The summed E-state index contributed by atoms with van der Waals surface area (Å²) in [7, 11) is 1.49. The SMILES string of the molecule is COc1ccc2c3c(n(C(=O)C=C(C)C)c2c1)[C@H](CC(C)(C)O)N1C(=O)[C@@H]2CCCN2C(=O)[C@@]1(O)[C@@H]3O. The first kappa shape index (κ1) is 25.4. The van der Waals surface area contributed by atoms with E-state index in [9.17, 15) is 29.7 Å². The van der Waals surface area contributed by atoms with Crippen LogP contribution in [-0.2, 0) is 9.59 Å². The summed E-state index contributed by atoms with van der Waals surface area (Å²) in [5, 5.41) is 35.0. The molecule has 0 spiro atoms. The van der Waals surface area contributed by atoms with Crippen molar-refractivity contribution < 1.29 is 34.4 Å². The molecule has 3 aliphatic heterocycles. The van der Waals surface area contributed by atoms with E-state index >= 15 is 0 Å². The maximum atomic E-state index is 13.9. The number of fused-ring (bicyclic) bond motifs is 5. The van der Waals surface area contributed by atoms with Crippen molar-refractivity contribution in [1.82, 2.24) is 14.4 Å². The number of hydrogen-bond donors (Lipinski definition) is 3. The summed E-state index contributed by atoms with van der Waals surface area (Å²) >= 11 is 0. The molecule has 3 N–H and O–H groups in total. The molecular formula is C27H33N3O7. The van der Waals surface area contributed by atoms with E-state index in [-0.39, 0.29) is 17.7 Å². The van der Waals surface area contributed by atoms with Gasteiger partial charge in [0.05, 0.1) is 30.0 Å². The van der Waals surface area contributed by atoms with Crippen LogP contribution >= 0.6 is 0 Å². The minimum Gasteiger partial charge on any atom is -0.497 e. The lowest BCUT2D eigenvalue weighted by molar-refractivity contribution is -0.235. The molecule has 5 rings (SSSR count). The molecule has 0 radical (unpaired) electrons. The second-order valence-corrected chi connectivity index (χ2v) is 11.1. The van der Waals surface area contributed by atoms with Gasteiger partial charge in [0.25, 0.3) is 17.5 Å². The number of piperazine rings is 1. The first-order valence-corrected chi connectivity index (χ1v) is 12.5. The smallest absolute Gasteiger partial charge is 0.279 e. The first-order valence-electron chi connectivity index (χ1n) is 12.5. The first-order chi connectivity index (χ1) is 17.3. The molecule has 198 valence electrons. The lowest BCUT2D eigenvalue weighted by atomic mass is 9.80. The molecule has 1 aromatic carbocycles. The Morgan fingerprint density at radius 2 is 1.97 bits per heavy atom. The Balaban J connectivity index is 1.88. The average Bonchev–Trinajstić information content (AvgIpc) is 3.42. The average molecular weight is 512 g/mol. The van der Waals surface area contributed by atoms with Crippen molar-refractivity contribution in [3.05, 3.63) is 41.1 Å². The van der Waals surface area contributed by atoms with E-state index in [1.807, 2.05) is 0 Å². The van der Waals surface area contributed by atoms with Gasteiger partial charge in [0.2, 0.25) is 5.91 Å². The summed E-state index contributed by atoms with van der Waals surface area (Å²) in [6.07, 6.45) is 0.562. The molecule has 3 aliphatic rings. The number of aromatic nitrogens is 1. The van der Waals surface area contributed by atoms with Gasteiger partial charge < -0.3 is 25.0 Å². The maximum Gasteiger partial charge on any atom is 0.279 e. The fourth-order valence-corrected chi connectivity index (χ4v) is 6.14. The van der Waals surface area contributed by atoms with Crippen LogP contribution in [0.1, 0.15) is 75.2 Å². The number of allylic oxidation sites excluding steroid dienone is 2. The Kier molecular flexibility index (Phi) is 5.78. The number of carbonyl (C=O) groups is 3. The molecule has 2 aromatic rings. The minimum absolute atomic E-state index is 0.0870.